The van der Waals surface area contributed by atoms with E-state index in [0.29, 0.717) is 11.9 Å². The molecular formula is C17H22O2. The predicted molar refractivity (Wildman–Crippen MR) is 79.1 cm³/mol. The Bertz CT molecular complexity index is 443. The van der Waals surface area contributed by atoms with Crippen molar-refractivity contribution >= 4 is 6.08 Å². The molecule has 102 valence electrons. The lowest BCUT2D eigenvalue weighted by atomic mass is 10.00. The lowest BCUT2D eigenvalue weighted by molar-refractivity contribution is 0.121. The van der Waals surface area contributed by atoms with Gasteiger partial charge in [0, 0.05) is 0 Å². The van der Waals surface area contributed by atoms with Gasteiger partial charge in [-0.3, -0.25) is 0 Å². The van der Waals surface area contributed by atoms with Crippen molar-refractivity contribution in [2.45, 2.75) is 38.7 Å². The Hall–Kier alpha value is -1.54. The van der Waals surface area contributed by atoms with E-state index in [1.54, 1.807) is 12.1 Å². The minimum absolute atomic E-state index is 0.292. The first-order chi connectivity index (χ1) is 9.28. The monoisotopic (exact) mass is 258 g/mol. The molecule has 0 unspecified atom stereocenters. The normalized spacial score (nSPS) is 19.0. The Morgan fingerprint density at radius 3 is 2.74 bits per heavy atom. The van der Waals surface area contributed by atoms with Gasteiger partial charge in [0.25, 0.3) is 0 Å². The number of rotatable bonds is 6. The Kier molecular flexibility index (Phi) is 5.22. The number of allylic oxidation sites excluding steroid dienone is 1. The average molecular weight is 258 g/mol. The molecule has 2 nitrogen and oxygen atoms in total. The summed E-state index contributed by atoms with van der Waals surface area (Å²) in [6.45, 7) is 2.96. The molecule has 2 rings (SSSR count). The summed E-state index contributed by atoms with van der Waals surface area (Å²) in [6, 6.07) is 7.38. The Morgan fingerprint density at radius 1 is 1.32 bits per heavy atom. The maximum atomic E-state index is 9.30. The summed E-state index contributed by atoms with van der Waals surface area (Å²) in [4.78, 5) is 0. The molecule has 0 bridgehead atoms. The molecule has 0 amide bonds. The summed E-state index contributed by atoms with van der Waals surface area (Å²) < 4.78 is 5.58. The average Bonchev–Trinajstić information content (AvgIpc) is 2.92. The van der Waals surface area contributed by atoms with Crippen molar-refractivity contribution < 1.29 is 9.84 Å². The third-order valence-electron chi connectivity index (χ3n) is 3.34. The molecule has 0 aliphatic carbocycles. The van der Waals surface area contributed by atoms with E-state index >= 15 is 0 Å². The zero-order chi connectivity index (χ0) is 13.5. The van der Waals surface area contributed by atoms with Crippen LogP contribution in [0.2, 0.25) is 0 Å². The number of benzene rings is 1. The van der Waals surface area contributed by atoms with Crippen LogP contribution in [0, 0.1) is 0 Å². The molecule has 1 aliphatic heterocycles. The molecule has 2 heteroatoms. The summed E-state index contributed by atoms with van der Waals surface area (Å²) in [5.41, 5.74) is 2.61. The van der Waals surface area contributed by atoms with E-state index < -0.39 is 0 Å². The molecule has 0 saturated carbocycles. The maximum absolute atomic E-state index is 9.30. The first-order valence-electron chi connectivity index (χ1n) is 7.04. The van der Waals surface area contributed by atoms with Crippen LogP contribution in [0.1, 0.15) is 38.2 Å². The van der Waals surface area contributed by atoms with Gasteiger partial charge in [-0.05, 0) is 37.0 Å². The second-order valence-corrected chi connectivity index (χ2v) is 4.98. The van der Waals surface area contributed by atoms with Crippen molar-refractivity contribution in [1.82, 2.24) is 0 Å². The summed E-state index contributed by atoms with van der Waals surface area (Å²) in [6.07, 6.45) is 11.2. The number of hydrogen-bond acceptors (Lipinski definition) is 2. The predicted octanol–water partition coefficient (Wildman–Crippen LogP) is 4.31. The molecule has 1 heterocycles. The molecular weight excluding hydrogens is 236 g/mol. The van der Waals surface area contributed by atoms with Crippen LogP contribution >= 0.6 is 0 Å². The van der Waals surface area contributed by atoms with Crippen LogP contribution in [0.15, 0.2) is 42.0 Å². The van der Waals surface area contributed by atoms with Gasteiger partial charge in [0.15, 0.2) is 0 Å². The Labute approximate surface area is 115 Å². The Balaban J connectivity index is 1.97. The summed E-state index contributed by atoms with van der Waals surface area (Å²) >= 11 is 0. The van der Waals surface area contributed by atoms with E-state index in [-0.39, 0.29) is 0 Å². The second-order valence-electron chi connectivity index (χ2n) is 4.98. The van der Waals surface area contributed by atoms with Crippen molar-refractivity contribution in [3.63, 3.8) is 0 Å². The zero-order valence-corrected chi connectivity index (χ0v) is 11.5. The molecule has 0 radical (unpaired) electrons. The number of phenolic OH excluding ortho intramolecular Hbond substituents is 1. The van der Waals surface area contributed by atoms with Crippen LogP contribution in [0.5, 0.6) is 5.75 Å². The number of ether oxygens (including phenoxy) is 1. The molecule has 1 N–H and O–H groups in total. The molecule has 19 heavy (non-hydrogen) atoms. The van der Waals surface area contributed by atoms with E-state index in [1.807, 2.05) is 12.1 Å². The van der Waals surface area contributed by atoms with E-state index in [0.717, 1.165) is 37.9 Å². The van der Waals surface area contributed by atoms with Crippen LogP contribution in [0.3, 0.4) is 0 Å². The van der Waals surface area contributed by atoms with Crippen LogP contribution in [-0.2, 0) is 4.74 Å². The highest BCUT2D eigenvalue weighted by Crippen LogP contribution is 2.21. The first-order valence-corrected chi connectivity index (χ1v) is 7.04. The van der Waals surface area contributed by atoms with Crippen LogP contribution < -0.4 is 0 Å². The lowest BCUT2D eigenvalue weighted by Gasteiger charge is -2.11. The van der Waals surface area contributed by atoms with Gasteiger partial charge in [-0.2, -0.15) is 0 Å². The van der Waals surface area contributed by atoms with Gasteiger partial charge in [-0.25, -0.2) is 0 Å². The van der Waals surface area contributed by atoms with Crippen molar-refractivity contribution in [2.75, 3.05) is 6.61 Å². The van der Waals surface area contributed by atoms with Crippen LogP contribution in [0.25, 0.3) is 6.08 Å². The van der Waals surface area contributed by atoms with E-state index in [1.165, 1.54) is 5.57 Å². The molecule has 1 aliphatic rings. The van der Waals surface area contributed by atoms with Gasteiger partial charge >= 0.3 is 0 Å². The van der Waals surface area contributed by atoms with Crippen LogP contribution in [0.4, 0.5) is 0 Å². The fourth-order valence-electron chi connectivity index (χ4n) is 2.35. The highest BCUT2D eigenvalue weighted by Gasteiger charge is 2.10. The fourth-order valence-corrected chi connectivity index (χ4v) is 2.35. The van der Waals surface area contributed by atoms with Gasteiger partial charge in [-0.1, -0.05) is 49.3 Å². The SMILES string of the molecule is CCC/C(=C\c1ccc(O)cc1)CC[C@@H]1C=CCO1. The Morgan fingerprint density at radius 2 is 2.11 bits per heavy atom. The van der Waals surface area contributed by atoms with Crippen molar-refractivity contribution in [2.24, 2.45) is 0 Å². The van der Waals surface area contributed by atoms with Gasteiger partial charge in [-0.15, -0.1) is 0 Å². The summed E-state index contributed by atoms with van der Waals surface area (Å²) in [7, 11) is 0. The minimum atomic E-state index is 0.292. The lowest BCUT2D eigenvalue weighted by Crippen LogP contribution is -2.04. The number of hydrogen-bond donors (Lipinski definition) is 1. The highest BCUT2D eigenvalue weighted by molar-refractivity contribution is 5.53. The zero-order valence-electron chi connectivity index (χ0n) is 11.5. The molecule has 1 atom stereocenters. The summed E-state index contributed by atoms with van der Waals surface area (Å²) in [5.74, 6) is 0.318. The third kappa shape index (κ3) is 4.56. The molecule has 0 spiro atoms. The van der Waals surface area contributed by atoms with Gasteiger partial charge in [0.2, 0.25) is 0 Å². The molecule has 0 fully saturated rings. The smallest absolute Gasteiger partial charge is 0.115 e. The van der Waals surface area contributed by atoms with Gasteiger partial charge < -0.3 is 9.84 Å². The molecule has 1 aromatic rings. The second kappa shape index (κ2) is 7.15. The van der Waals surface area contributed by atoms with Crippen molar-refractivity contribution in [3.05, 3.63) is 47.6 Å². The molecule has 1 aromatic carbocycles. The van der Waals surface area contributed by atoms with E-state index in [2.05, 4.69) is 25.2 Å². The van der Waals surface area contributed by atoms with Crippen LogP contribution in [-0.4, -0.2) is 17.8 Å². The largest absolute Gasteiger partial charge is 0.508 e. The third-order valence-corrected chi connectivity index (χ3v) is 3.34. The van der Waals surface area contributed by atoms with Crippen molar-refractivity contribution in [1.29, 1.82) is 0 Å². The topological polar surface area (TPSA) is 29.5 Å². The quantitative estimate of drug-likeness (QED) is 0.770. The maximum Gasteiger partial charge on any atom is 0.115 e. The van der Waals surface area contributed by atoms with E-state index in [9.17, 15) is 5.11 Å². The van der Waals surface area contributed by atoms with Gasteiger partial charge in [0.05, 0.1) is 12.7 Å². The summed E-state index contributed by atoms with van der Waals surface area (Å²) in [5, 5.41) is 9.30. The number of aromatic hydroxyl groups is 1. The standard InChI is InChI=1S/C17H22O2/c1-2-4-14(8-11-17-5-3-12-19-17)13-15-6-9-16(18)10-7-15/h3,5-7,9-10,13,17-18H,2,4,8,11-12H2,1H3/b14-13+/t17-/m0/s1. The van der Waals surface area contributed by atoms with Gasteiger partial charge in [0.1, 0.15) is 5.75 Å². The molecule has 0 aromatic heterocycles. The fraction of sp³-hybridized carbons (Fsp3) is 0.412. The minimum Gasteiger partial charge on any atom is -0.508 e. The van der Waals surface area contributed by atoms with E-state index in [4.69, 9.17) is 4.74 Å². The highest BCUT2D eigenvalue weighted by atomic mass is 16.5. The number of phenols is 1. The van der Waals surface area contributed by atoms with Crippen molar-refractivity contribution in [3.8, 4) is 5.75 Å². The molecule has 0 saturated heterocycles. The first kappa shape index (κ1) is 13.9.